The van der Waals surface area contributed by atoms with Crippen molar-refractivity contribution in [2.75, 3.05) is 19.4 Å². The van der Waals surface area contributed by atoms with E-state index in [1.165, 1.54) is 45.5 Å². The van der Waals surface area contributed by atoms with Gasteiger partial charge in [0.1, 0.15) is 35.9 Å². The van der Waals surface area contributed by atoms with E-state index < -0.39 is 34.6 Å². The number of aliphatic hydroxyl groups is 2. The van der Waals surface area contributed by atoms with E-state index in [0.717, 1.165) is 0 Å². The molecule has 4 heterocycles. The molecule has 38 heavy (non-hydrogen) atoms. The third-order valence-electron chi connectivity index (χ3n) is 6.34. The van der Waals surface area contributed by atoms with E-state index in [9.17, 15) is 18.6 Å². The number of fused-ring (bicyclic) bond motifs is 1. The lowest BCUT2D eigenvalue weighted by Gasteiger charge is -2.19. The summed E-state index contributed by atoms with van der Waals surface area (Å²) in [6, 6.07) is 6.14. The summed E-state index contributed by atoms with van der Waals surface area (Å²) in [6.45, 7) is 2.00. The second kappa shape index (κ2) is 10.2. The standard InChI is InChI=1S/C22H27N9O6S/c1-3-30(38(34,35)15-6-4-14(36-2)5-7-15)9-13-8-29(28-27-13)10-16-18(32)19(33)22(37-16)31-12-26-17-20(23)24-11-25-21(17)31/h4-8,11-12,16,18-19,22,32-33H,3,9-10H2,1-2H3,(H2,23,24,25)/t16-,18-,19-,22-/m1/s1. The van der Waals surface area contributed by atoms with Gasteiger partial charge < -0.3 is 25.4 Å². The van der Waals surface area contributed by atoms with Crippen LogP contribution in [0.1, 0.15) is 18.8 Å². The number of nitrogens with two attached hydrogens (primary N) is 1. The molecule has 1 fully saturated rings. The second-order valence-corrected chi connectivity index (χ2v) is 10.6. The highest BCUT2D eigenvalue weighted by molar-refractivity contribution is 7.89. The summed E-state index contributed by atoms with van der Waals surface area (Å²) in [7, 11) is -2.28. The molecular formula is C22H27N9O6S. The average Bonchev–Trinajstić information content (AvgIpc) is 3.62. The summed E-state index contributed by atoms with van der Waals surface area (Å²) in [6.07, 6.45) is -0.0731. The number of anilines is 1. The molecule has 4 N–H and O–H groups in total. The Bertz CT molecular complexity index is 1520. The molecule has 0 aliphatic carbocycles. The Kier molecular flexibility index (Phi) is 6.97. The quantitative estimate of drug-likeness (QED) is 0.245. The number of nitrogens with zero attached hydrogens (tertiary/aromatic N) is 8. The highest BCUT2D eigenvalue weighted by Gasteiger charge is 2.44. The zero-order valence-corrected chi connectivity index (χ0v) is 21.4. The largest absolute Gasteiger partial charge is 0.497 e. The van der Waals surface area contributed by atoms with Gasteiger partial charge in [0, 0.05) is 12.7 Å². The number of hydrogen-bond acceptors (Lipinski definition) is 12. The molecule has 0 saturated carbocycles. The SMILES string of the molecule is CCN(Cc1cn(C[C@H]2O[C@@H](n3cnc4c(N)ncnc43)[C@H](O)[C@@H]2O)nn1)S(=O)(=O)c1ccc(OC)cc1. The molecule has 3 aromatic heterocycles. The fourth-order valence-corrected chi connectivity index (χ4v) is 5.72. The fraction of sp³-hybridized carbons (Fsp3) is 0.409. The van der Waals surface area contributed by atoms with E-state index in [-0.39, 0.29) is 30.3 Å². The van der Waals surface area contributed by atoms with Gasteiger partial charge in [0.2, 0.25) is 10.0 Å². The van der Waals surface area contributed by atoms with E-state index in [4.69, 9.17) is 15.2 Å². The van der Waals surface area contributed by atoms with Crippen molar-refractivity contribution < 1.29 is 28.1 Å². The smallest absolute Gasteiger partial charge is 0.243 e. The molecule has 1 aliphatic heterocycles. The van der Waals surface area contributed by atoms with Crippen LogP contribution in [0.3, 0.4) is 0 Å². The molecule has 4 atom stereocenters. The molecule has 16 heteroatoms. The predicted molar refractivity (Wildman–Crippen MR) is 132 cm³/mol. The van der Waals surface area contributed by atoms with Crippen LogP contribution in [0.4, 0.5) is 5.82 Å². The molecule has 1 aromatic carbocycles. The Labute approximate surface area is 217 Å². The van der Waals surface area contributed by atoms with E-state index >= 15 is 0 Å². The van der Waals surface area contributed by atoms with E-state index in [1.807, 2.05) is 0 Å². The summed E-state index contributed by atoms with van der Waals surface area (Å²) in [5.74, 6) is 0.737. The number of methoxy groups -OCH3 is 1. The molecule has 1 saturated heterocycles. The first-order chi connectivity index (χ1) is 18.2. The monoisotopic (exact) mass is 545 g/mol. The number of aromatic nitrogens is 7. The van der Waals surface area contributed by atoms with Gasteiger partial charge in [-0.3, -0.25) is 4.57 Å². The molecular weight excluding hydrogens is 518 g/mol. The van der Waals surface area contributed by atoms with Gasteiger partial charge in [0.15, 0.2) is 17.7 Å². The summed E-state index contributed by atoms with van der Waals surface area (Å²) >= 11 is 0. The van der Waals surface area contributed by atoms with Gasteiger partial charge in [-0.2, -0.15) is 4.31 Å². The van der Waals surface area contributed by atoms with Crippen LogP contribution in [-0.2, 0) is 27.8 Å². The van der Waals surface area contributed by atoms with E-state index in [2.05, 4.69) is 25.3 Å². The zero-order chi connectivity index (χ0) is 27.0. The fourth-order valence-electron chi connectivity index (χ4n) is 4.29. The van der Waals surface area contributed by atoms with E-state index in [0.29, 0.717) is 22.6 Å². The topological polar surface area (TPSA) is 197 Å². The molecule has 0 radical (unpaired) electrons. The lowest BCUT2D eigenvalue weighted by Crippen LogP contribution is -2.33. The molecule has 0 bridgehead atoms. The van der Waals surface area contributed by atoms with Crippen LogP contribution in [0.2, 0.25) is 0 Å². The Morgan fingerprint density at radius 2 is 1.92 bits per heavy atom. The number of rotatable bonds is 9. The van der Waals surface area contributed by atoms with Crippen molar-refractivity contribution in [1.82, 2.24) is 38.8 Å². The maximum Gasteiger partial charge on any atom is 0.243 e. The maximum atomic E-state index is 13.1. The van der Waals surface area contributed by atoms with Crippen molar-refractivity contribution in [3.63, 3.8) is 0 Å². The molecule has 4 aromatic rings. The summed E-state index contributed by atoms with van der Waals surface area (Å²) in [5, 5.41) is 29.5. The van der Waals surface area contributed by atoms with Crippen molar-refractivity contribution >= 4 is 27.0 Å². The zero-order valence-electron chi connectivity index (χ0n) is 20.6. The predicted octanol–water partition coefficient (Wildman–Crippen LogP) is -0.461. The molecule has 0 amide bonds. The first-order valence-corrected chi connectivity index (χ1v) is 13.1. The lowest BCUT2D eigenvalue weighted by molar-refractivity contribution is -0.0403. The molecule has 202 valence electrons. The van der Waals surface area contributed by atoms with Gasteiger partial charge in [-0.15, -0.1) is 5.10 Å². The lowest BCUT2D eigenvalue weighted by atomic mass is 10.1. The van der Waals surface area contributed by atoms with Gasteiger partial charge in [0.25, 0.3) is 0 Å². The average molecular weight is 546 g/mol. The normalized spacial score (nSPS) is 21.9. The number of ether oxygens (including phenoxy) is 2. The molecule has 5 rings (SSSR count). The second-order valence-electron chi connectivity index (χ2n) is 8.67. The summed E-state index contributed by atoms with van der Waals surface area (Å²) in [5.41, 5.74) is 6.95. The van der Waals surface area contributed by atoms with Crippen LogP contribution < -0.4 is 10.5 Å². The highest BCUT2D eigenvalue weighted by Crippen LogP contribution is 2.32. The minimum atomic E-state index is -3.78. The number of sulfonamides is 1. The summed E-state index contributed by atoms with van der Waals surface area (Å²) in [4.78, 5) is 12.4. The van der Waals surface area contributed by atoms with Crippen LogP contribution >= 0.6 is 0 Å². The number of nitrogen functional groups attached to an aromatic ring is 1. The molecule has 0 unspecified atom stereocenters. The van der Waals surface area contributed by atoms with Crippen LogP contribution in [0, 0.1) is 0 Å². The van der Waals surface area contributed by atoms with Crippen molar-refractivity contribution in [2.45, 2.75) is 49.4 Å². The third-order valence-corrected chi connectivity index (χ3v) is 8.27. The molecule has 15 nitrogen and oxygen atoms in total. The number of hydrogen-bond donors (Lipinski definition) is 3. The Hall–Kier alpha value is -3.70. The minimum Gasteiger partial charge on any atom is -0.497 e. The first kappa shape index (κ1) is 25.9. The van der Waals surface area contributed by atoms with E-state index in [1.54, 1.807) is 25.3 Å². The number of imidazole rings is 1. The van der Waals surface area contributed by atoms with Gasteiger partial charge in [0.05, 0.1) is 37.1 Å². The van der Waals surface area contributed by atoms with Crippen LogP contribution in [0.25, 0.3) is 11.2 Å². The van der Waals surface area contributed by atoms with Crippen molar-refractivity contribution in [3.05, 3.63) is 48.8 Å². The Balaban J connectivity index is 1.28. The number of aliphatic hydroxyl groups excluding tert-OH is 2. The first-order valence-electron chi connectivity index (χ1n) is 11.7. The molecule has 0 spiro atoms. The summed E-state index contributed by atoms with van der Waals surface area (Å²) < 4.78 is 41.5. The third kappa shape index (κ3) is 4.67. The van der Waals surface area contributed by atoms with Crippen LogP contribution in [-0.4, -0.2) is 89.4 Å². The highest BCUT2D eigenvalue weighted by atomic mass is 32.2. The van der Waals surface area contributed by atoms with Crippen LogP contribution in [0.5, 0.6) is 5.75 Å². The van der Waals surface area contributed by atoms with Gasteiger partial charge in [-0.05, 0) is 24.3 Å². The number of benzene rings is 1. The van der Waals surface area contributed by atoms with Gasteiger partial charge in [-0.1, -0.05) is 12.1 Å². The van der Waals surface area contributed by atoms with Crippen molar-refractivity contribution in [2.24, 2.45) is 0 Å². The Morgan fingerprint density at radius 1 is 1.16 bits per heavy atom. The maximum absolute atomic E-state index is 13.1. The van der Waals surface area contributed by atoms with Gasteiger partial charge in [-0.25, -0.2) is 28.1 Å². The van der Waals surface area contributed by atoms with Crippen molar-refractivity contribution in [1.29, 1.82) is 0 Å². The van der Waals surface area contributed by atoms with Crippen molar-refractivity contribution in [3.8, 4) is 5.75 Å². The Morgan fingerprint density at radius 3 is 2.63 bits per heavy atom. The van der Waals surface area contributed by atoms with Crippen LogP contribution in [0.15, 0.2) is 48.0 Å². The minimum absolute atomic E-state index is 0.00760. The molecule has 1 aliphatic rings. The van der Waals surface area contributed by atoms with Gasteiger partial charge >= 0.3 is 0 Å².